The third-order valence-corrected chi connectivity index (χ3v) is 5.13. The summed E-state index contributed by atoms with van der Waals surface area (Å²) in [4.78, 5) is 52.6. The monoisotopic (exact) mass is 356 g/mol. The lowest BCUT2D eigenvalue weighted by atomic mass is 10.0. The Hall–Kier alpha value is -2.74. The van der Waals surface area contributed by atoms with E-state index in [2.05, 4.69) is 15.5 Å². The number of nitrogens with one attached hydrogen (secondary N) is 2. The van der Waals surface area contributed by atoms with E-state index in [1.54, 1.807) is 12.1 Å². The number of rotatable bonds is 2. The summed E-state index contributed by atoms with van der Waals surface area (Å²) in [6.07, 6.45) is 1.23. The Morgan fingerprint density at radius 2 is 1.85 bits per heavy atom. The standard InChI is InChI=1S/C18H20N4O4/c23-14-6-5-13(16(24)20-14)22-17(25)11-3-1-4-12(15(11)18(22)26)21-9-2-7-19-8-10-21/h1,3-4,13,19H,2,5-10H2,(H,20,23,24). The van der Waals surface area contributed by atoms with Crippen LogP contribution in [0.5, 0.6) is 0 Å². The minimum absolute atomic E-state index is 0.120. The van der Waals surface area contributed by atoms with Crippen LogP contribution < -0.4 is 15.5 Å². The summed E-state index contributed by atoms with van der Waals surface area (Å²) in [5.41, 5.74) is 1.43. The van der Waals surface area contributed by atoms with Gasteiger partial charge < -0.3 is 10.2 Å². The van der Waals surface area contributed by atoms with Crippen LogP contribution in [-0.2, 0) is 9.59 Å². The number of hydrogen-bond donors (Lipinski definition) is 2. The Morgan fingerprint density at radius 3 is 2.65 bits per heavy atom. The van der Waals surface area contributed by atoms with Crippen LogP contribution in [0.1, 0.15) is 40.0 Å². The quantitative estimate of drug-likeness (QED) is 0.718. The molecule has 3 heterocycles. The van der Waals surface area contributed by atoms with Crippen LogP contribution in [0.15, 0.2) is 18.2 Å². The molecule has 0 saturated carbocycles. The highest BCUT2D eigenvalue weighted by atomic mass is 16.2. The number of hydrogen-bond acceptors (Lipinski definition) is 6. The van der Waals surface area contributed by atoms with Crippen molar-refractivity contribution >= 4 is 29.3 Å². The summed E-state index contributed by atoms with van der Waals surface area (Å²) < 4.78 is 0. The zero-order valence-electron chi connectivity index (χ0n) is 14.3. The second kappa shape index (κ2) is 6.53. The molecule has 4 rings (SSSR count). The van der Waals surface area contributed by atoms with E-state index in [0.29, 0.717) is 11.1 Å². The van der Waals surface area contributed by atoms with Gasteiger partial charge in [-0.25, -0.2) is 0 Å². The number of carbonyl (C=O) groups is 4. The van der Waals surface area contributed by atoms with Crippen LogP contribution in [0, 0.1) is 0 Å². The van der Waals surface area contributed by atoms with Crippen LogP contribution >= 0.6 is 0 Å². The minimum atomic E-state index is -0.932. The van der Waals surface area contributed by atoms with E-state index < -0.39 is 23.8 Å². The predicted octanol–water partition coefficient (Wildman–Crippen LogP) is -0.112. The molecule has 3 aliphatic rings. The number of fused-ring (bicyclic) bond motifs is 1. The fourth-order valence-electron chi connectivity index (χ4n) is 3.85. The summed E-state index contributed by atoms with van der Waals surface area (Å²) >= 11 is 0. The van der Waals surface area contributed by atoms with E-state index in [-0.39, 0.29) is 18.7 Å². The Kier molecular flexibility index (Phi) is 4.20. The molecule has 0 bridgehead atoms. The van der Waals surface area contributed by atoms with Crippen LogP contribution in [0.2, 0.25) is 0 Å². The van der Waals surface area contributed by atoms with E-state index in [1.807, 2.05) is 6.07 Å². The average molecular weight is 356 g/mol. The van der Waals surface area contributed by atoms with Gasteiger partial charge in [0, 0.05) is 26.1 Å². The van der Waals surface area contributed by atoms with E-state index in [9.17, 15) is 19.2 Å². The molecular formula is C18H20N4O4. The van der Waals surface area contributed by atoms with Crippen molar-refractivity contribution in [2.75, 3.05) is 31.1 Å². The Bertz CT molecular complexity index is 798. The highest BCUT2D eigenvalue weighted by Crippen LogP contribution is 2.34. The van der Waals surface area contributed by atoms with Crippen molar-refractivity contribution in [3.05, 3.63) is 29.3 Å². The van der Waals surface area contributed by atoms with Crippen molar-refractivity contribution in [1.82, 2.24) is 15.5 Å². The lowest BCUT2D eigenvalue weighted by Crippen LogP contribution is -2.54. The lowest BCUT2D eigenvalue weighted by molar-refractivity contribution is -0.136. The van der Waals surface area contributed by atoms with Gasteiger partial charge in [-0.2, -0.15) is 0 Å². The van der Waals surface area contributed by atoms with Crippen molar-refractivity contribution < 1.29 is 19.2 Å². The topological polar surface area (TPSA) is 98.8 Å². The number of benzene rings is 1. The van der Waals surface area contributed by atoms with E-state index in [0.717, 1.165) is 43.2 Å². The number of amides is 4. The highest BCUT2D eigenvalue weighted by Gasteiger charge is 2.46. The molecule has 1 unspecified atom stereocenters. The van der Waals surface area contributed by atoms with Crippen LogP contribution in [-0.4, -0.2) is 60.7 Å². The largest absolute Gasteiger partial charge is 0.370 e. The minimum Gasteiger partial charge on any atom is -0.370 e. The predicted molar refractivity (Wildman–Crippen MR) is 92.8 cm³/mol. The van der Waals surface area contributed by atoms with Crippen LogP contribution in [0.3, 0.4) is 0 Å². The highest BCUT2D eigenvalue weighted by molar-refractivity contribution is 6.25. The molecule has 0 spiro atoms. The summed E-state index contributed by atoms with van der Waals surface area (Å²) in [6.45, 7) is 3.27. The molecule has 26 heavy (non-hydrogen) atoms. The number of anilines is 1. The van der Waals surface area contributed by atoms with E-state index in [1.165, 1.54) is 0 Å². The first-order valence-corrected chi connectivity index (χ1v) is 8.88. The first kappa shape index (κ1) is 16.7. The third-order valence-electron chi connectivity index (χ3n) is 5.13. The zero-order chi connectivity index (χ0) is 18.3. The first-order chi connectivity index (χ1) is 12.6. The molecule has 0 aromatic heterocycles. The maximum Gasteiger partial charge on any atom is 0.264 e. The molecule has 136 valence electrons. The zero-order valence-corrected chi connectivity index (χ0v) is 14.3. The van der Waals surface area contributed by atoms with Crippen molar-refractivity contribution in [3.63, 3.8) is 0 Å². The molecule has 2 N–H and O–H groups in total. The molecule has 1 aromatic carbocycles. The smallest absolute Gasteiger partial charge is 0.264 e. The summed E-state index contributed by atoms with van der Waals surface area (Å²) in [7, 11) is 0. The molecular weight excluding hydrogens is 336 g/mol. The second-order valence-corrected chi connectivity index (χ2v) is 6.74. The van der Waals surface area contributed by atoms with Crippen molar-refractivity contribution in [2.45, 2.75) is 25.3 Å². The Morgan fingerprint density at radius 1 is 1.00 bits per heavy atom. The van der Waals surface area contributed by atoms with Gasteiger partial charge in [-0.1, -0.05) is 6.07 Å². The number of piperidine rings is 1. The van der Waals surface area contributed by atoms with Gasteiger partial charge in [0.2, 0.25) is 11.8 Å². The molecule has 2 fully saturated rings. The van der Waals surface area contributed by atoms with Gasteiger partial charge in [0.15, 0.2) is 0 Å². The van der Waals surface area contributed by atoms with E-state index in [4.69, 9.17) is 0 Å². The average Bonchev–Trinajstić information content (AvgIpc) is 2.82. The summed E-state index contributed by atoms with van der Waals surface area (Å²) in [6, 6.07) is 4.31. The van der Waals surface area contributed by atoms with Gasteiger partial charge in [-0.05, 0) is 31.5 Å². The van der Waals surface area contributed by atoms with Gasteiger partial charge in [-0.3, -0.25) is 29.4 Å². The second-order valence-electron chi connectivity index (χ2n) is 6.74. The fourth-order valence-corrected chi connectivity index (χ4v) is 3.85. The number of imide groups is 2. The van der Waals surface area contributed by atoms with Crippen LogP contribution in [0.4, 0.5) is 5.69 Å². The molecule has 8 nitrogen and oxygen atoms in total. The fraction of sp³-hybridized carbons (Fsp3) is 0.444. The van der Waals surface area contributed by atoms with Crippen LogP contribution in [0.25, 0.3) is 0 Å². The molecule has 2 saturated heterocycles. The Labute approximate surface area is 150 Å². The summed E-state index contributed by atoms with van der Waals surface area (Å²) in [5, 5.41) is 5.53. The third kappa shape index (κ3) is 2.66. The summed E-state index contributed by atoms with van der Waals surface area (Å²) in [5.74, 6) is -1.88. The maximum atomic E-state index is 13.1. The van der Waals surface area contributed by atoms with Crippen molar-refractivity contribution in [1.29, 1.82) is 0 Å². The van der Waals surface area contributed by atoms with Gasteiger partial charge >= 0.3 is 0 Å². The lowest BCUT2D eigenvalue weighted by Gasteiger charge is -2.28. The molecule has 4 amide bonds. The van der Waals surface area contributed by atoms with Gasteiger partial charge in [-0.15, -0.1) is 0 Å². The first-order valence-electron chi connectivity index (χ1n) is 8.88. The SMILES string of the molecule is O=C1CCC(N2C(=O)c3cccc(N4CCCNCC4)c3C2=O)C(=O)N1. The van der Waals surface area contributed by atoms with Crippen molar-refractivity contribution in [2.24, 2.45) is 0 Å². The normalized spacial score (nSPS) is 23.8. The molecule has 0 radical (unpaired) electrons. The maximum absolute atomic E-state index is 13.1. The number of carbonyl (C=O) groups excluding carboxylic acids is 4. The molecule has 1 atom stereocenters. The van der Waals surface area contributed by atoms with Gasteiger partial charge in [0.1, 0.15) is 6.04 Å². The van der Waals surface area contributed by atoms with Crippen molar-refractivity contribution in [3.8, 4) is 0 Å². The van der Waals surface area contributed by atoms with E-state index >= 15 is 0 Å². The Balaban J connectivity index is 1.69. The molecule has 0 aliphatic carbocycles. The van der Waals surface area contributed by atoms with Gasteiger partial charge in [0.25, 0.3) is 11.8 Å². The molecule has 3 aliphatic heterocycles. The molecule has 1 aromatic rings. The van der Waals surface area contributed by atoms with Gasteiger partial charge in [0.05, 0.1) is 16.8 Å². The number of nitrogens with zero attached hydrogens (tertiary/aromatic N) is 2. The molecule has 8 heteroatoms.